The summed E-state index contributed by atoms with van der Waals surface area (Å²) in [4.78, 5) is 16.0. The fourth-order valence-corrected chi connectivity index (χ4v) is 2.29. The average molecular weight is 295 g/mol. The molecule has 3 rings (SSSR count). The number of nitrogens with zero attached hydrogens (tertiary/aromatic N) is 1. The number of carbonyl (C=O) groups excluding carboxylic acids is 1. The Morgan fingerprint density at radius 3 is 2.64 bits per heavy atom. The number of carbonyl (C=O) groups is 1. The Morgan fingerprint density at radius 1 is 1.14 bits per heavy atom. The van der Waals surface area contributed by atoms with Gasteiger partial charge in [0.25, 0.3) is 0 Å². The molecule has 0 atom stereocenters. The molecule has 0 unspecified atom stereocenters. The number of cyclic esters (lactones) is 1. The van der Waals surface area contributed by atoms with Crippen molar-refractivity contribution < 1.29 is 13.9 Å². The molecule has 4 heteroatoms. The maximum atomic E-state index is 13.7. The first-order valence-electron chi connectivity index (χ1n) is 6.89. The van der Waals surface area contributed by atoms with E-state index in [-0.39, 0.29) is 17.2 Å². The van der Waals surface area contributed by atoms with E-state index in [0.29, 0.717) is 0 Å². The largest absolute Gasteiger partial charge is 0.402 e. The van der Waals surface area contributed by atoms with Gasteiger partial charge in [0.1, 0.15) is 5.82 Å². The molecule has 0 amide bonds. The summed E-state index contributed by atoms with van der Waals surface area (Å²) < 4.78 is 18.8. The van der Waals surface area contributed by atoms with Gasteiger partial charge in [0, 0.05) is 0 Å². The molecule has 0 saturated carbocycles. The van der Waals surface area contributed by atoms with Crippen LogP contribution in [0.5, 0.6) is 0 Å². The predicted octanol–water partition coefficient (Wildman–Crippen LogP) is 3.79. The van der Waals surface area contributed by atoms with E-state index in [1.54, 1.807) is 18.2 Å². The van der Waals surface area contributed by atoms with Gasteiger partial charge in [0.15, 0.2) is 5.70 Å². The van der Waals surface area contributed by atoms with Crippen LogP contribution < -0.4 is 0 Å². The van der Waals surface area contributed by atoms with Gasteiger partial charge in [0.2, 0.25) is 5.90 Å². The molecular weight excluding hydrogens is 281 g/mol. The van der Waals surface area contributed by atoms with Crippen molar-refractivity contribution in [3.05, 3.63) is 76.2 Å². The quantitative estimate of drug-likeness (QED) is 0.624. The molecule has 1 heterocycles. The van der Waals surface area contributed by atoms with E-state index in [4.69, 9.17) is 4.74 Å². The number of hydrogen-bond acceptors (Lipinski definition) is 3. The number of hydrogen-bond donors (Lipinski definition) is 0. The van der Waals surface area contributed by atoms with Gasteiger partial charge in [-0.3, -0.25) is 0 Å². The maximum absolute atomic E-state index is 13.7. The smallest absolute Gasteiger partial charge is 0.363 e. The number of aryl methyl sites for hydroxylation is 2. The number of rotatable bonds is 2. The van der Waals surface area contributed by atoms with Crippen molar-refractivity contribution in [3.63, 3.8) is 0 Å². The van der Waals surface area contributed by atoms with Crippen molar-refractivity contribution in [2.75, 3.05) is 0 Å². The van der Waals surface area contributed by atoms with Crippen LogP contribution in [0.3, 0.4) is 0 Å². The molecule has 2 aromatic rings. The normalized spacial score (nSPS) is 15.9. The van der Waals surface area contributed by atoms with Gasteiger partial charge < -0.3 is 4.74 Å². The molecule has 0 spiro atoms. The third-order valence-corrected chi connectivity index (χ3v) is 3.44. The van der Waals surface area contributed by atoms with E-state index >= 15 is 0 Å². The summed E-state index contributed by atoms with van der Waals surface area (Å²) >= 11 is 0. The van der Waals surface area contributed by atoms with Crippen LogP contribution in [0.1, 0.15) is 22.3 Å². The summed E-state index contributed by atoms with van der Waals surface area (Å²) in [5, 5.41) is 0. The predicted molar refractivity (Wildman–Crippen MR) is 82.9 cm³/mol. The highest BCUT2D eigenvalue weighted by molar-refractivity contribution is 6.13. The summed E-state index contributed by atoms with van der Waals surface area (Å²) in [5.74, 6) is -1.04. The first-order valence-corrected chi connectivity index (χ1v) is 6.89. The second-order valence-corrected chi connectivity index (χ2v) is 5.18. The Morgan fingerprint density at radius 2 is 1.91 bits per heavy atom. The highest BCUT2D eigenvalue weighted by Gasteiger charge is 2.25. The monoisotopic (exact) mass is 295 g/mol. The molecule has 110 valence electrons. The van der Waals surface area contributed by atoms with Gasteiger partial charge >= 0.3 is 5.97 Å². The molecule has 3 nitrogen and oxygen atoms in total. The lowest BCUT2D eigenvalue weighted by atomic mass is 10.0. The molecule has 2 aromatic carbocycles. The van der Waals surface area contributed by atoms with Crippen molar-refractivity contribution in [2.24, 2.45) is 4.99 Å². The standard InChI is InChI=1S/C18H14FNO2/c1-11-7-8-13(12(2)9-11)10-16-18(21)22-17(20-16)14-5-3-4-6-15(14)19/h3-10H,1-2H3. The maximum Gasteiger partial charge on any atom is 0.363 e. The fraction of sp³-hybridized carbons (Fsp3) is 0.111. The van der Waals surface area contributed by atoms with Crippen LogP contribution in [0.2, 0.25) is 0 Å². The summed E-state index contributed by atoms with van der Waals surface area (Å²) in [6.45, 7) is 3.96. The van der Waals surface area contributed by atoms with Crippen LogP contribution in [0.15, 0.2) is 53.2 Å². The van der Waals surface area contributed by atoms with Crippen LogP contribution in [0.25, 0.3) is 6.08 Å². The molecule has 0 fully saturated rings. The fourth-order valence-electron chi connectivity index (χ4n) is 2.29. The van der Waals surface area contributed by atoms with E-state index in [9.17, 15) is 9.18 Å². The van der Waals surface area contributed by atoms with Gasteiger partial charge in [0.05, 0.1) is 5.56 Å². The summed E-state index contributed by atoms with van der Waals surface area (Å²) in [6, 6.07) is 12.0. The summed E-state index contributed by atoms with van der Waals surface area (Å²) in [7, 11) is 0. The molecule has 0 aliphatic carbocycles. The molecule has 22 heavy (non-hydrogen) atoms. The number of benzene rings is 2. The second kappa shape index (κ2) is 5.56. The van der Waals surface area contributed by atoms with Crippen molar-refractivity contribution in [2.45, 2.75) is 13.8 Å². The molecule has 0 aromatic heterocycles. The van der Waals surface area contributed by atoms with Crippen LogP contribution in [-0.2, 0) is 9.53 Å². The van der Waals surface area contributed by atoms with Crippen LogP contribution >= 0.6 is 0 Å². The Bertz CT molecular complexity index is 822. The van der Waals surface area contributed by atoms with E-state index < -0.39 is 11.8 Å². The Hall–Kier alpha value is -2.75. The molecule has 0 N–H and O–H groups in total. The zero-order chi connectivity index (χ0) is 15.7. The average Bonchev–Trinajstić information content (AvgIpc) is 2.83. The first-order chi connectivity index (χ1) is 10.5. The number of halogens is 1. The Balaban J connectivity index is 2.00. The Kier molecular flexibility index (Phi) is 3.59. The zero-order valence-corrected chi connectivity index (χ0v) is 12.3. The minimum absolute atomic E-state index is 0.000820. The highest BCUT2D eigenvalue weighted by atomic mass is 19.1. The van der Waals surface area contributed by atoms with Crippen molar-refractivity contribution >= 4 is 17.9 Å². The van der Waals surface area contributed by atoms with Gasteiger partial charge in [-0.05, 0) is 43.2 Å². The minimum Gasteiger partial charge on any atom is -0.402 e. The van der Waals surface area contributed by atoms with E-state index in [1.165, 1.54) is 12.1 Å². The van der Waals surface area contributed by atoms with Crippen molar-refractivity contribution in [3.8, 4) is 0 Å². The van der Waals surface area contributed by atoms with Gasteiger partial charge in [-0.2, -0.15) is 0 Å². The molecule has 0 radical (unpaired) electrons. The molecule has 0 bridgehead atoms. The van der Waals surface area contributed by atoms with Gasteiger partial charge in [-0.15, -0.1) is 0 Å². The Labute approximate surface area is 127 Å². The van der Waals surface area contributed by atoms with E-state index in [2.05, 4.69) is 4.99 Å². The molecule has 1 aliphatic rings. The van der Waals surface area contributed by atoms with Crippen LogP contribution in [-0.4, -0.2) is 11.9 Å². The second-order valence-electron chi connectivity index (χ2n) is 5.18. The van der Waals surface area contributed by atoms with Crippen molar-refractivity contribution in [1.82, 2.24) is 0 Å². The highest BCUT2D eigenvalue weighted by Crippen LogP contribution is 2.22. The number of esters is 1. The SMILES string of the molecule is Cc1ccc(C=C2N=C(c3ccccc3F)OC2=O)c(C)c1. The topological polar surface area (TPSA) is 38.7 Å². The van der Waals surface area contributed by atoms with E-state index in [1.807, 2.05) is 32.0 Å². The lowest BCUT2D eigenvalue weighted by Gasteiger charge is -2.01. The third-order valence-electron chi connectivity index (χ3n) is 3.44. The summed E-state index contributed by atoms with van der Waals surface area (Å²) in [5.41, 5.74) is 3.42. The lowest BCUT2D eigenvalue weighted by molar-refractivity contribution is -0.129. The summed E-state index contributed by atoms with van der Waals surface area (Å²) in [6.07, 6.45) is 1.66. The number of ether oxygens (including phenoxy) is 1. The first kappa shape index (κ1) is 14.2. The zero-order valence-electron chi connectivity index (χ0n) is 12.3. The van der Waals surface area contributed by atoms with Gasteiger partial charge in [-0.25, -0.2) is 14.2 Å². The molecular formula is C18H14FNO2. The third kappa shape index (κ3) is 2.68. The van der Waals surface area contributed by atoms with Crippen molar-refractivity contribution in [1.29, 1.82) is 0 Å². The molecule has 0 saturated heterocycles. The van der Waals surface area contributed by atoms with E-state index in [0.717, 1.165) is 16.7 Å². The van der Waals surface area contributed by atoms with Crippen LogP contribution in [0.4, 0.5) is 4.39 Å². The van der Waals surface area contributed by atoms with Crippen LogP contribution in [0, 0.1) is 19.7 Å². The number of aliphatic imine (C=N–C) groups is 1. The van der Waals surface area contributed by atoms with Gasteiger partial charge in [-0.1, -0.05) is 35.9 Å². The molecule has 1 aliphatic heterocycles. The minimum atomic E-state index is -0.571. The lowest BCUT2D eigenvalue weighted by Crippen LogP contribution is -2.07.